The number of carbonyl (C=O) groups is 1. The smallest absolute Gasteiger partial charge is 0.347 e. The zero-order chi connectivity index (χ0) is 12.3. The Morgan fingerprint density at radius 2 is 2.12 bits per heavy atom. The number of aromatic hydroxyl groups is 1. The van der Waals surface area contributed by atoms with E-state index in [1.54, 1.807) is 13.8 Å². The van der Waals surface area contributed by atoms with Gasteiger partial charge < -0.3 is 14.8 Å². The van der Waals surface area contributed by atoms with Crippen molar-refractivity contribution in [2.45, 2.75) is 27.2 Å². The van der Waals surface area contributed by atoms with E-state index in [1.165, 1.54) is 0 Å². The summed E-state index contributed by atoms with van der Waals surface area (Å²) in [5.41, 5.74) is 0.190. The number of pyridine rings is 1. The molecule has 0 fully saturated rings. The fourth-order valence-corrected chi connectivity index (χ4v) is 1.57. The lowest BCUT2D eigenvalue weighted by Crippen LogP contribution is -2.22. The Hall–Kier alpha value is -1.78. The van der Waals surface area contributed by atoms with E-state index < -0.39 is 11.5 Å². The Kier molecular flexibility index (Phi) is 3.71. The molecule has 1 rings (SSSR count). The predicted octanol–water partition coefficient (Wildman–Crippen LogP) is 1.37. The molecule has 5 heteroatoms. The van der Waals surface area contributed by atoms with Crippen LogP contribution in [-0.4, -0.2) is 22.7 Å². The molecule has 16 heavy (non-hydrogen) atoms. The largest absolute Gasteiger partial charge is 0.506 e. The van der Waals surface area contributed by atoms with E-state index in [0.29, 0.717) is 17.7 Å². The van der Waals surface area contributed by atoms with Gasteiger partial charge in [0.1, 0.15) is 5.75 Å². The van der Waals surface area contributed by atoms with E-state index >= 15 is 0 Å². The van der Waals surface area contributed by atoms with Crippen LogP contribution in [0, 0.1) is 6.92 Å². The highest BCUT2D eigenvalue weighted by Crippen LogP contribution is 2.22. The molecule has 1 aromatic heterocycles. The van der Waals surface area contributed by atoms with Crippen molar-refractivity contribution in [3.63, 3.8) is 0 Å². The third kappa shape index (κ3) is 2.08. The Bertz CT molecular complexity index is 467. The highest BCUT2D eigenvalue weighted by atomic mass is 16.5. The summed E-state index contributed by atoms with van der Waals surface area (Å²) < 4.78 is 4.71. The third-order valence-corrected chi connectivity index (χ3v) is 2.34. The number of rotatable bonds is 3. The van der Waals surface area contributed by atoms with Gasteiger partial charge >= 0.3 is 5.97 Å². The maximum Gasteiger partial charge on any atom is 0.347 e. The number of esters is 1. The monoisotopic (exact) mass is 227 g/mol. The van der Waals surface area contributed by atoms with Crippen LogP contribution in [0.4, 0.5) is 0 Å². The van der Waals surface area contributed by atoms with Crippen molar-refractivity contribution in [3.05, 3.63) is 27.2 Å². The van der Waals surface area contributed by atoms with Gasteiger partial charge in [-0.25, -0.2) is 4.79 Å². The van der Waals surface area contributed by atoms with Crippen molar-refractivity contribution in [1.29, 1.82) is 0 Å². The van der Waals surface area contributed by atoms with Gasteiger partial charge in [0, 0.05) is 12.7 Å². The SMILES string of the molecule is CCOC(=O)c1c(O)c(CC)c(C)[nH]c1=O.[HH]. The molecule has 0 aliphatic carbocycles. The molecule has 0 amide bonds. The van der Waals surface area contributed by atoms with Gasteiger partial charge in [0.05, 0.1) is 6.61 Å². The second-order valence-corrected chi connectivity index (χ2v) is 3.36. The number of hydrogen-bond donors (Lipinski definition) is 2. The molecule has 0 spiro atoms. The lowest BCUT2D eigenvalue weighted by atomic mass is 10.1. The van der Waals surface area contributed by atoms with Crippen molar-refractivity contribution >= 4 is 5.97 Å². The Labute approximate surface area is 94.6 Å². The van der Waals surface area contributed by atoms with E-state index in [2.05, 4.69) is 4.98 Å². The number of carbonyl (C=O) groups excluding carboxylic acids is 1. The fraction of sp³-hybridized carbons (Fsp3) is 0.455. The van der Waals surface area contributed by atoms with Crippen LogP contribution in [0.25, 0.3) is 0 Å². The molecule has 0 unspecified atom stereocenters. The summed E-state index contributed by atoms with van der Waals surface area (Å²) in [5, 5.41) is 9.83. The molecule has 1 aromatic rings. The second-order valence-electron chi connectivity index (χ2n) is 3.36. The van der Waals surface area contributed by atoms with Crippen LogP contribution < -0.4 is 5.56 Å². The standard InChI is InChI=1S/C11H15NO4.H2/c1-4-7-6(3)12-10(14)8(9(7)13)11(15)16-5-2;/h4-5H2,1-3H3,(H2,12,13,14);1H. The van der Waals surface area contributed by atoms with Crippen molar-refractivity contribution in [1.82, 2.24) is 4.98 Å². The number of ether oxygens (including phenoxy) is 1. The lowest BCUT2D eigenvalue weighted by molar-refractivity contribution is 0.0520. The van der Waals surface area contributed by atoms with Crippen LogP contribution in [-0.2, 0) is 11.2 Å². The van der Waals surface area contributed by atoms with E-state index in [9.17, 15) is 14.7 Å². The number of aromatic amines is 1. The first kappa shape index (κ1) is 12.3. The molecule has 0 aliphatic rings. The second kappa shape index (κ2) is 4.83. The number of hydrogen-bond acceptors (Lipinski definition) is 4. The molecular formula is C11H17NO4. The quantitative estimate of drug-likeness (QED) is 0.764. The predicted molar refractivity (Wildman–Crippen MR) is 60.9 cm³/mol. The highest BCUT2D eigenvalue weighted by Gasteiger charge is 2.21. The average molecular weight is 227 g/mol. The first-order valence-corrected chi connectivity index (χ1v) is 5.14. The first-order valence-electron chi connectivity index (χ1n) is 5.14. The minimum atomic E-state index is -0.795. The van der Waals surface area contributed by atoms with Gasteiger partial charge in [0.2, 0.25) is 0 Å². The Morgan fingerprint density at radius 1 is 1.50 bits per heavy atom. The molecule has 0 saturated heterocycles. The molecule has 2 N–H and O–H groups in total. The zero-order valence-electron chi connectivity index (χ0n) is 9.59. The summed E-state index contributed by atoms with van der Waals surface area (Å²) in [7, 11) is 0. The van der Waals surface area contributed by atoms with Crippen molar-refractivity contribution in [3.8, 4) is 5.75 Å². The van der Waals surface area contributed by atoms with Crippen molar-refractivity contribution < 1.29 is 16.1 Å². The van der Waals surface area contributed by atoms with Crippen LogP contribution in [0.5, 0.6) is 5.75 Å². The summed E-state index contributed by atoms with van der Waals surface area (Å²) in [4.78, 5) is 25.5. The van der Waals surface area contributed by atoms with E-state index in [0.717, 1.165) is 0 Å². The first-order chi connectivity index (χ1) is 7.52. The minimum Gasteiger partial charge on any atom is -0.506 e. The fourth-order valence-electron chi connectivity index (χ4n) is 1.57. The van der Waals surface area contributed by atoms with Gasteiger partial charge in [-0.15, -0.1) is 0 Å². The molecule has 1 heterocycles. The number of nitrogens with one attached hydrogen (secondary N) is 1. The minimum absolute atomic E-state index is 0. The molecule has 0 saturated carbocycles. The topological polar surface area (TPSA) is 79.4 Å². The van der Waals surface area contributed by atoms with Crippen molar-refractivity contribution in [2.24, 2.45) is 0 Å². The van der Waals surface area contributed by atoms with E-state index in [-0.39, 0.29) is 19.3 Å². The Balaban J connectivity index is 0.00000256. The zero-order valence-corrected chi connectivity index (χ0v) is 9.59. The normalized spacial score (nSPS) is 10.2. The summed E-state index contributed by atoms with van der Waals surface area (Å²) in [6.45, 7) is 5.30. The summed E-state index contributed by atoms with van der Waals surface area (Å²) >= 11 is 0. The van der Waals surface area contributed by atoms with E-state index in [1.807, 2.05) is 6.92 Å². The van der Waals surface area contributed by atoms with Gasteiger partial charge in [-0.2, -0.15) is 0 Å². The summed E-state index contributed by atoms with van der Waals surface area (Å²) in [6.07, 6.45) is 0.529. The average Bonchev–Trinajstić information content (AvgIpc) is 2.17. The molecule has 0 aromatic carbocycles. The van der Waals surface area contributed by atoms with Gasteiger partial charge in [0.15, 0.2) is 5.56 Å². The van der Waals surface area contributed by atoms with Crippen LogP contribution >= 0.6 is 0 Å². The number of aromatic nitrogens is 1. The molecule has 0 bridgehead atoms. The van der Waals surface area contributed by atoms with Gasteiger partial charge in [0.25, 0.3) is 5.56 Å². The Morgan fingerprint density at radius 3 is 2.62 bits per heavy atom. The van der Waals surface area contributed by atoms with E-state index in [4.69, 9.17) is 4.74 Å². The van der Waals surface area contributed by atoms with Gasteiger partial charge in [-0.1, -0.05) is 6.92 Å². The highest BCUT2D eigenvalue weighted by molar-refractivity contribution is 5.92. The van der Waals surface area contributed by atoms with Gasteiger partial charge in [-0.05, 0) is 20.3 Å². The summed E-state index contributed by atoms with van der Waals surface area (Å²) in [6, 6.07) is 0. The lowest BCUT2D eigenvalue weighted by Gasteiger charge is -2.09. The number of aryl methyl sites for hydroxylation is 1. The van der Waals surface area contributed by atoms with Gasteiger partial charge in [-0.3, -0.25) is 4.79 Å². The molecule has 90 valence electrons. The van der Waals surface area contributed by atoms with Crippen LogP contribution in [0.15, 0.2) is 4.79 Å². The molecule has 5 nitrogen and oxygen atoms in total. The van der Waals surface area contributed by atoms with Crippen molar-refractivity contribution in [2.75, 3.05) is 6.61 Å². The molecule has 0 radical (unpaired) electrons. The van der Waals surface area contributed by atoms with Crippen LogP contribution in [0.2, 0.25) is 0 Å². The van der Waals surface area contributed by atoms with Crippen LogP contribution in [0.1, 0.15) is 36.9 Å². The third-order valence-electron chi connectivity index (χ3n) is 2.34. The molecular weight excluding hydrogens is 210 g/mol. The maximum absolute atomic E-state index is 11.5. The number of H-pyrrole nitrogens is 1. The van der Waals surface area contributed by atoms with Crippen LogP contribution in [0.3, 0.4) is 0 Å². The maximum atomic E-state index is 11.5. The molecule has 0 atom stereocenters. The summed E-state index contributed by atoms with van der Waals surface area (Å²) in [5.74, 6) is -1.07. The molecule has 0 aliphatic heterocycles.